The molecule has 0 unspecified atom stereocenters. The highest BCUT2D eigenvalue weighted by Crippen LogP contribution is 2.33. The molecular weight excluding hydrogens is 402 g/mol. The number of amidine groups is 1. The normalized spacial score (nSPS) is 13.8. The molecule has 5 rings (SSSR count). The third-order valence-corrected chi connectivity index (χ3v) is 6.26. The zero-order valence-electron chi connectivity index (χ0n) is 16.8. The van der Waals surface area contributed by atoms with Crippen molar-refractivity contribution in [3.63, 3.8) is 0 Å². The van der Waals surface area contributed by atoms with Gasteiger partial charge in [-0.1, -0.05) is 84.9 Å². The van der Waals surface area contributed by atoms with Crippen LogP contribution in [-0.2, 0) is 6.54 Å². The van der Waals surface area contributed by atoms with Gasteiger partial charge in [-0.25, -0.2) is 4.98 Å². The number of nitrogens with zero attached hydrogens (tertiary/aromatic N) is 2. The van der Waals surface area contributed by atoms with Crippen LogP contribution in [0.25, 0.3) is 28.0 Å². The van der Waals surface area contributed by atoms with Gasteiger partial charge in [-0.2, -0.15) is 0 Å². The van der Waals surface area contributed by atoms with Crippen LogP contribution in [-0.4, -0.2) is 27.4 Å². The molecule has 0 saturated carbocycles. The van der Waals surface area contributed by atoms with Crippen LogP contribution >= 0.6 is 11.3 Å². The molecule has 2 N–H and O–H groups in total. The molecule has 1 aliphatic rings. The largest absolute Gasteiger partial charge is 0.510 e. The molecule has 2 heterocycles. The lowest BCUT2D eigenvalue weighted by molar-refractivity contribution is 0.347. The molecule has 0 saturated heterocycles. The molecule has 1 aliphatic heterocycles. The number of hydrogen-bond acceptors (Lipinski definition) is 4. The Labute approximate surface area is 185 Å². The summed E-state index contributed by atoms with van der Waals surface area (Å²) in [4.78, 5) is 6.61. The fraction of sp³-hybridized carbons (Fsp3) is 0.0769. The summed E-state index contributed by atoms with van der Waals surface area (Å²) in [6.07, 6.45) is 0. The number of rotatable bonds is 5. The molecule has 5 heteroatoms. The summed E-state index contributed by atoms with van der Waals surface area (Å²) < 4.78 is 0. The van der Waals surface area contributed by atoms with E-state index in [0.717, 1.165) is 22.4 Å². The fourth-order valence-corrected chi connectivity index (χ4v) is 4.68. The zero-order chi connectivity index (χ0) is 21.2. The quantitative estimate of drug-likeness (QED) is 0.399. The maximum absolute atomic E-state index is 10.6. The molecule has 1 aromatic heterocycles. The van der Waals surface area contributed by atoms with Crippen LogP contribution in [0.1, 0.15) is 10.6 Å². The first-order valence-corrected chi connectivity index (χ1v) is 11.0. The number of thiazole rings is 1. The molecule has 4 nitrogen and oxygen atoms in total. The maximum Gasteiger partial charge on any atom is 0.135 e. The monoisotopic (exact) mass is 423 g/mol. The molecule has 0 amide bonds. The van der Waals surface area contributed by atoms with Gasteiger partial charge in [-0.3, -0.25) is 5.41 Å². The van der Waals surface area contributed by atoms with Crippen molar-refractivity contribution in [2.24, 2.45) is 0 Å². The minimum atomic E-state index is 0.209. The third-order valence-electron chi connectivity index (χ3n) is 5.40. The molecule has 3 aromatic carbocycles. The molecule has 31 heavy (non-hydrogen) atoms. The standard InChI is InChI=1S/C26H21N3OS/c27-25-24(23(30)16-29(25)15-18-7-3-1-4-8-18)26-28-22(17-31-26)21-13-11-20(12-14-21)19-9-5-2-6-10-19/h1-14,17,27,30H,15-16H2. The second-order valence-corrected chi connectivity index (χ2v) is 8.35. The smallest absolute Gasteiger partial charge is 0.135 e. The van der Waals surface area contributed by atoms with Gasteiger partial charge in [0.05, 0.1) is 17.8 Å². The predicted molar refractivity (Wildman–Crippen MR) is 127 cm³/mol. The highest BCUT2D eigenvalue weighted by molar-refractivity contribution is 7.11. The van der Waals surface area contributed by atoms with E-state index in [1.807, 2.05) is 58.8 Å². The van der Waals surface area contributed by atoms with Gasteiger partial charge in [0.25, 0.3) is 0 Å². The average molecular weight is 424 g/mol. The number of hydrogen-bond donors (Lipinski definition) is 2. The fourth-order valence-electron chi connectivity index (χ4n) is 3.78. The summed E-state index contributed by atoms with van der Waals surface area (Å²) in [6.45, 7) is 0.927. The maximum atomic E-state index is 10.6. The van der Waals surface area contributed by atoms with Gasteiger partial charge >= 0.3 is 0 Å². The predicted octanol–water partition coefficient (Wildman–Crippen LogP) is 6.24. The van der Waals surface area contributed by atoms with Crippen LogP contribution < -0.4 is 0 Å². The molecule has 4 aromatic rings. The second-order valence-electron chi connectivity index (χ2n) is 7.49. The number of aromatic nitrogens is 1. The Balaban J connectivity index is 1.35. The van der Waals surface area contributed by atoms with Gasteiger partial charge in [0, 0.05) is 17.5 Å². The van der Waals surface area contributed by atoms with Gasteiger partial charge in [0.15, 0.2) is 0 Å². The van der Waals surface area contributed by atoms with E-state index in [-0.39, 0.29) is 5.76 Å². The van der Waals surface area contributed by atoms with Gasteiger partial charge in [0.2, 0.25) is 0 Å². The average Bonchev–Trinajstić information content (AvgIpc) is 3.39. The Morgan fingerprint density at radius 2 is 1.45 bits per heavy atom. The van der Waals surface area contributed by atoms with E-state index in [9.17, 15) is 5.11 Å². The summed E-state index contributed by atoms with van der Waals surface area (Å²) in [7, 11) is 0. The van der Waals surface area contributed by atoms with E-state index in [1.165, 1.54) is 16.9 Å². The number of aliphatic hydroxyl groups excluding tert-OH is 1. The molecule has 152 valence electrons. The van der Waals surface area contributed by atoms with Crippen molar-refractivity contribution in [3.8, 4) is 22.4 Å². The Kier molecular flexibility index (Phi) is 5.10. The molecule has 0 bridgehead atoms. The Morgan fingerprint density at radius 1 is 0.839 bits per heavy atom. The van der Waals surface area contributed by atoms with Crippen molar-refractivity contribution in [3.05, 3.63) is 107 Å². The van der Waals surface area contributed by atoms with E-state index in [4.69, 9.17) is 10.4 Å². The molecule has 0 atom stereocenters. The van der Waals surface area contributed by atoms with Crippen molar-refractivity contribution < 1.29 is 5.11 Å². The first-order chi connectivity index (χ1) is 15.2. The Morgan fingerprint density at radius 3 is 2.16 bits per heavy atom. The topological polar surface area (TPSA) is 60.2 Å². The number of nitrogens with one attached hydrogen (secondary N) is 1. The summed E-state index contributed by atoms with van der Waals surface area (Å²) in [5, 5.41) is 21.8. The second kappa shape index (κ2) is 8.20. The van der Waals surface area contributed by atoms with Gasteiger partial charge in [-0.15, -0.1) is 11.3 Å². The first kappa shape index (κ1) is 19.3. The zero-order valence-corrected chi connectivity index (χ0v) is 17.6. The highest BCUT2D eigenvalue weighted by Gasteiger charge is 2.30. The lowest BCUT2D eigenvalue weighted by Crippen LogP contribution is -2.25. The summed E-state index contributed by atoms with van der Waals surface area (Å²) >= 11 is 1.46. The third kappa shape index (κ3) is 3.88. The van der Waals surface area contributed by atoms with E-state index in [2.05, 4.69) is 36.4 Å². The van der Waals surface area contributed by atoms with Crippen molar-refractivity contribution in [2.75, 3.05) is 6.54 Å². The molecule has 0 radical (unpaired) electrons. The minimum absolute atomic E-state index is 0.209. The van der Waals surface area contributed by atoms with E-state index >= 15 is 0 Å². The SMILES string of the molecule is N=C1C(c2nc(-c3ccc(-c4ccccc4)cc3)cs2)=C(O)CN1Cc1ccccc1. The lowest BCUT2D eigenvalue weighted by atomic mass is 10.0. The van der Waals surface area contributed by atoms with Crippen molar-refractivity contribution in [2.45, 2.75) is 6.54 Å². The molecule has 0 spiro atoms. The van der Waals surface area contributed by atoms with Crippen molar-refractivity contribution in [1.82, 2.24) is 9.88 Å². The highest BCUT2D eigenvalue weighted by atomic mass is 32.1. The first-order valence-electron chi connectivity index (χ1n) is 10.1. The lowest BCUT2D eigenvalue weighted by Gasteiger charge is -2.18. The van der Waals surface area contributed by atoms with Crippen LogP contribution in [0.4, 0.5) is 0 Å². The van der Waals surface area contributed by atoms with Crippen LogP contribution in [0.3, 0.4) is 0 Å². The van der Waals surface area contributed by atoms with Crippen LogP contribution in [0, 0.1) is 5.41 Å². The van der Waals surface area contributed by atoms with E-state index in [0.29, 0.717) is 29.5 Å². The number of aliphatic hydroxyl groups is 1. The minimum Gasteiger partial charge on any atom is -0.510 e. The van der Waals surface area contributed by atoms with Crippen LogP contribution in [0.2, 0.25) is 0 Å². The van der Waals surface area contributed by atoms with E-state index < -0.39 is 0 Å². The molecule has 0 aliphatic carbocycles. The summed E-state index contributed by atoms with van der Waals surface area (Å²) in [6, 6.07) is 28.6. The molecule has 0 fully saturated rings. The summed E-state index contributed by atoms with van der Waals surface area (Å²) in [5.74, 6) is 0.530. The van der Waals surface area contributed by atoms with Gasteiger partial charge in [0.1, 0.15) is 16.6 Å². The van der Waals surface area contributed by atoms with Gasteiger partial charge < -0.3 is 10.0 Å². The molecular formula is C26H21N3OS. The van der Waals surface area contributed by atoms with Crippen molar-refractivity contribution >= 4 is 22.7 Å². The van der Waals surface area contributed by atoms with Crippen molar-refractivity contribution in [1.29, 1.82) is 5.41 Å². The number of benzene rings is 3. The van der Waals surface area contributed by atoms with Crippen LogP contribution in [0.15, 0.2) is 96.1 Å². The van der Waals surface area contributed by atoms with Gasteiger partial charge in [-0.05, 0) is 16.7 Å². The van der Waals surface area contributed by atoms with E-state index in [1.54, 1.807) is 0 Å². The Bertz CT molecular complexity index is 1240. The summed E-state index contributed by atoms with van der Waals surface area (Å²) in [5.41, 5.74) is 5.87. The Hall–Kier alpha value is -3.70. The van der Waals surface area contributed by atoms with Crippen LogP contribution in [0.5, 0.6) is 0 Å².